The van der Waals surface area contributed by atoms with E-state index in [2.05, 4.69) is 42.4 Å². The summed E-state index contributed by atoms with van der Waals surface area (Å²) < 4.78 is 18.2. The van der Waals surface area contributed by atoms with Crippen LogP contribution in [0.5, 0.6) is 17.2 Å². The van der Waals surface area contributed by atoms with Crippen molar-refractivity contribution in [1.82, 2.24) is 5.43 Å². The summed E-state index contributed by atoms with van der Waals surface area (Å²) in [5, 5.41) is 4.06. The summed E-state index contributed by atoms with van der Waals surface area (Å²) in [6, 6.07) is 16.9. The van der Waals surface area contributed by atoms with Crippen molar-refractivity contribution in [2.45, 2.75) is 13.5 Å². The van der Waals surface area contributed by atoms with Crippen molar-refractivity contribution in [2.75, 3.05) is 14.2 Å². The van der Waals surface area contributed by atoms with Crippen LogP contribution in [0.1, 0.15) is 27.0 Å². The quantitative estimate of drug-likeness (QED) is 0.275. The second-order valence-electron chi connectivity index (χ2n) is 6.85. The maximum atomic E-state index is 12.5. The predicted molar refractivity (Wildman–Crippen MR) is 132 cm³/mol. The van der Waals surface area contributed by atoms with Gasteiger partial charge in [-0.1, -0.05) is 45.8 Å². The number of halogens is 2. The molecule has 0 saturated heterocycles. The highest BCUT2D eigenvalue weighted by Crippen LogP contribution is 2.37. The molecule has 0 aliphatic carbocycles. The molecule has 0 bridgehead atoms. The van der Waals surface area contributed by atoms with Crippen LogP contribution in [0.3, 0.4) is 0 Å². The minimum atomic E-state index is -0.386. The number of hydrogen-bond acceptors (Lipinski definition) is 5. The molecule has 0 aliphatic heterocycles. The van der Waals surface area contributed by atoms with Crippen LogP contribution < -0.4 is 19.6 Å². The van der Waals surface area contributed by atoms with Gasteiger partial charge in [-0.2, -0.15) is 5.10 Å². The minimum absolute atomic E-state index is 0.373. The van der Waals surface area contributed by atoms with Gasteiger partial charge in [-0.25, -0.2) is 5.43 Å². The van der Waals surface area contributed by atoms with Crippen molar-refractivity contribution in [3.63, 3.8) is 0 Å². The Bertz CT molecular complexity index is 1130. The number of ether oxygens (including phenoxy) is 3. The molecule has 166 valence electrons. The first-order valence-corrected chi connectivity index (χ1v) is 11.2. The van der Waals surface area contributed by atoms with E-state index in [-0.39, 0.29) is 5.91 Å². The zero-order valence-corrected chi connectivity index (χ0v) is 21.0. The number of carbonyl (C=O) groups is 1. The van der Waals surface area contributed by atoms with Gasteiger partial charge in [0.1, 0.15) is 12.4 Å². The summed E-state index contributed by atoms with van der Waals surface area (Å²) >= 11 is 6.89. The molecule has 8 heteroatoms. The number of hydrogen-bond donors (Lipinski definition) is 1. The van der Waals surface area contributed by atoms with Gasteiger partial charge < -0.3 is 14.2 Å². The molecule has 3 aromatic rings. The van der Waals surface area contributed by atoms with E-state index in [1.54, 1.807) is 31.4 Å². The third kappa shape index (κ3) is 6.11. The highest BCUT2D eigenvalue weighted by Gasteiger charge is 2.13. The molecule has 1 N–H and O–H groups in total. The predicted octanol–water partition coefficient (Wildman–Crippen LogP) is 5.88. The average Bonchev–Trinajstić information content (AvgIpc) is 2.79. The van der Waals surface area contributed by atoms with Crippen molar-refractivity contribution < 1.29 is 19.0 Å². The number of nitrogens with zero attached hydrogens (tertiary/aromatic N) is 1. The Morgan fingerprint density at radius 1 is 1.00 bits per heavy atom. The molecular weight excluding hydrogens is 540 g/mol. The highest BCUT2D eigenvalue weighted by atomic mass is 79.9. The maximum Gasteiger partial charge on any atom is 0.275 e. The molecule has 0 unspecified atom stereocenters. The van der Waals surface area contributed by atoms with Crippen LogP contribution in [0.15, 0.2) is 68.6 Å². The number of rotatable bonds is 8. The highest BCUT2D eigenvalue weighted by molar-refractivity contribution is 9.10. The average molecular weight is 562 g/mol. The lowest BCUT2D eigenvalue weighted by Crippen LogP contribution is -2.18. The van der Waals surface area contributed by atoms with Crippen LogP contribution in [0.4, 0.5) is 0 Å². The van der Waals surface area contributed by atoms with Gasteiger partial charge in [0.15, 0.2) is 11.5 Å². The Labute approximate surface area is 203 Å². The Hall–Kier alpha value is -2.84. The van der Waals surface area contributed by atoms with Crippen LogP contribution in [-0.4, -0.2) is 26.3 Å². The molecule has 6 nitrogen and oxygen atoms in total. The van der Waals surface area contributed by atoms with Gasteiger partial charge >= 0.3 is 0 Å². The topological polar surface area (TPSA) is 69.2 Å². The second kappa shape index (κ2) is 11.2. The van der Waals surface area contributed by atoms with Crippen LogP contribution in [0.25, 0.3) is 0 Å². The molecule has 0 aliphatic rings. The number of benzene rings is 3. The van der Waals surface area contributed by atoms with Gasteiger partial charge in [-0.05, 0) is 64.3 Å². The van der Waals surface area contributed by atoms with E-state index in [4.69, 9.17) is 14.2 Å². The van der Waals surface area contributed by atoms with Gasteiger partial charge in [0.05, 0.1) is 30.5 Å². The van der Waals surface area contributed by atoms with E-state index in [1.807, 2.05) is 37.3 Å². The third-order valence-electron chi connectivity index (χ3n) is 4.54. The summed E-state index contributed by atoms with van der Waals surface area (Å²) in [5.74, 6) is 1.21. The SMILES string of the molecule is COc1ccc(Br)cc1C(=O)N/N=C\c1cc(Br)c(OCc2ccc(C)cc2)c(OC)c1. The number of methoxy groups -OCH3 is 2. The molecule has 3 rings (SSSR count). The molecule has 0 fully saturated rings. The van der Waals surface area contributed by atoms with E-state index in [0.717, 1.165) is 15.6 Å². The Kier molecular flexibility index (Phi) is 8.30. The van der Waals surface area contributed by atoms with Crippen LogP contribution in [0.2, 0.25) is 0 Å². The van der Waals surface area contributed by atoms with Gasteiger partial charge in [0.25, 0.3) is 5.91 Å². The Morgan fingerprint density at radius 3 is 2.41 bits per heavy atom. The fraction of sp³-hybridized carbons (Fsp3) is 0.167. The lowest BCUT2D eigenvalue weighted by molar-refractivity contribution is 0.0952. The van der Waals surface area contributed by atoms with Crippen molar-refractivity contribution in [3.05, 3.63) is 85.8 Å². The molecule has 1 amide bonds. The van der Waals surface area contributed by atoms with E-state index in [9.17, 15) is 4.79 Å². The van der Waals surface area contributed by atoms with Crippen LogP contribution >= 0.6 is 31.9 Å². The van der Waals surface area contributed by atoms with E-state index in [0.29, 0.717) is 33.9 Å². The fourth-order valence-electron chi connectivity index (χ4n) is 2.88. The Balaban J connectivity index is 1.71. The molecule has 0 radical (unpaired) electrons. The standard InChI is InChI=1S/C24H22Br2N2O4/c1-15-4-6-16(7-5-15)14-32-23-20(26)10-17(11-22(23)31-3)13-27-28-24(29)19-12-18(25)8-9-21(19)30-2/h4-13H,14H2,1-3H3,(H,28,29)/b27-13-. The first-order chi connectivity index (χ1) is 15.4. The third-order valence-corrected chi connectivity index (χ3v) is 5.62. The zero-order chi connectivity index (χ0) is 23.1. The molecule has 32 heavy (non-hydrogen) atoms. The molecule has 0 atom stereocenters. The smallest absolute Gasteiger partial charge is 0.275 e. The minimum Gasteiger partial charge on any atom is -0.496 e. The summed E-state index contributed by atoms with van der Waals surface area (Å²) in [6.07, 6.45) is 1.53. The summed E-state index contributed by atoms with van der Waals surface area (Å²) in [7, 11) is 3.08. The fourth-order valence-corrected chi connectivity index (χ4v) is 3.81. The number of aryl methyl sites for hydroxylation is 1. The lowest BCUT2D eigenvalue weighted by Gasteiger charge is -2.13. The zero-order valence-electron chi connectivity index (χ0n) is 17.8. The monoisotopic (exact) mass is 560 g/mol. The first kappa shape index (κ1) is 23.8. The van der Waals surface area contributed by atoms with Gasteiger partial charge in [0.2, 0.25) is 0 Å². The molecule has 0 aromatic heterocycles. The second-order valence-corrected chi connectivity index (χ2v) is 8.62. The molecule has 0 saturated carbocycles. The van der Waals surface area contributed by atoms with Gasteiger partial charge in [-0.15, -0.1) is 0 Å². The summed E-state index contributed by atoms with van der Waals surface area (Å²) in [4.78, 5) is 12.5. The summed E-state index contributed by atoms with van der Waals surface area (Å²) in [5.41, 5.74) is 5.86. The number of nitrogens with one attached hydrogen (secondary N) is 1. The number of amides is 1. The maximum absolute atomic E-state index is 12.5. The van der Waals surface area contributed by atoms with E-state index in [1.165, 1.54) is 18.9 Å². The van der Waals surface area contributed by atoms with Crippen molar-refractivity contribution in [2.24, 2.45) is 5.10 Å². The molecule has 0 heterocycles. The lowest BCUT2D eigenvalue weighted by atomic mass is 10.2. The first-order valence-electron chi connectivity index (χ1n) is 9.64. The number of carbonyl (C=O) groups excluding carboxylic acids is 1. The number of hydrazone groups is 1. The summed E-state index contributed by atoms with van der Waals surface area (Å²) in [6.45, 7) is 2.45. The van der Waals surface area contributed by atoms with E-state index < -0.39 is 0 Å². The van der Waals surface area contributed by atoms with Crippen LogP contribution in [0, 0.1) is 6.92 Å². The molecule has 0 spiro atoms. The molecule has 3 aromatic carbocycles. The van der Waals surface area contributed by atoms with Crippen molar-refractivity contribution >= 4 is 44.0 Å². The van der Waals surface area contributed by atoms with Crippen molar-refractivity contribution in [3.8, 4) is 17.2 Å². The normalized spacial score (nSPS) is 10.8. The van der Waals surface area contributed by atoms with Crippen LogP contribution in [-0.2, 0) is 6.61 Å². The Morgan fingerprint density at radius 2 is 1.72 bits per heavy atom. The largest absolute Gasteiger partial charge is 0.496 e. The van der Waals surface area contributed by atoms with E-state index >= 15 is 0 Å². The van der Waals surface area contributed by atoms with Gasteiger partial charge in [0, 0.05) is 4.47 Å². The van der Waals surface area contributed by atoms with Gasteiger partial charge in [-0.3, -0.25) is 4.79 Å². The van der Waals surface area contributed by atoms with Crippen molar-refractivity contribution in [1.29, 1.82) is 0 Å². The molecular formula is C24H22Br2N2O4.